The van der Waals surface area contributed by atoms with Crippen LogP contribution in [0, 0.1) is 26.2 Å². The SMILES string of the molecule is CCCc1cc[cH-]c1.C[SiH]C.[CH2-]C1CCC2CC=CC=C12.[CH3-].[Zr+3]. The molecule has 0 spiro atoms. The molecule has 0 saturated heterocycles. The summed E-state index contributed by atoms with van der Waals surface area (Å²) in [6.45, 7) is 10.7. The fourth-order valence-electron chi connectivity index (χ4n) is 2.89. The summed E-state index contributed by atoms with van der Waals surface area (Å²) in [5.74, 6) is 1.47. The third kappa shape index (κ3) is 9.72. The second-order valence-electron chi connectivity index (χ2n) is 5.92. The maximum atomic E-state index is 4.12. The average Bonchev–Trinajstić information content (AvgIpc) is 3.12. The number of allylic oxidation sites excluding steroid dienone is 4. The molecule has 3 rings (SSSR count). The molecule has 0 nitrogen and oxygen atoms in total. The van der Waals surface area contributed by atoms with E-state index >= 15 is 0 Å². The third-order valence-electron chi connectivity index (χ3n) is 3.92. The van der Waals surface area contributed by atoms with Gasteiger partial charge in [0.25, 0.3) is 0 Å². The Morgan fingerprint density at radius 3 is 2.52 bits per heavy atom. The Hall–Kier alpha value is -0.0700. The molecule has 0 bridgehead atoms. The van der Waals surface area contributed by atoms with Gasteiger partial charge in [-0.2, -0.15) is 23.8 Å². The van der Waals surface area contributed by atoms with E-state index in [9.17, 15) is 0 Å². The molecular weight excluding hydrogens is 372 g/mol. The van der Waals surface area contributed by atoms with Gasteiger partial charge >= 0.3 is 26.2 Å². The van der Waals surface area contributed by atoms with Crippen molar-refractivity contribution in [3.05, 3.63) is 68.0 Å². The largest absolute Gasteiger partial charge is 3.00 e. The van der Waals surface area contributed by atoms with E-state index in [-0.39, 0.29) is 33.6 Å². The van der Waals surface area contributed by atoms with Gasteiger partial charge in [0.15, 0.2) is 0 Å². The molecule has 2 unspecified atom stereocenters. The first-order valence-electron chi connectivity index (χ1n) is 8.37. The van der Waals surface area contributed by atoms with Gasteiger partial charge in [-0.05, 0) is 18.8 Å². The quantitative estimate of drug-likeness (QED) is 0.414. The topological polar surface area (TPSA) is 0 Å². The fraction of sp³-hybridized carbons (Fsp3) is 0.476. The molecule has 23 heavy (non-hydrogen) atoms. The molecule has 2 radical (unpaired) electrons. The smallest absolute Gasteiger partial charge is 0.358 e. The van der Waals surface area contributed by atoms with Crippen LogP contribution in [0.25, 0.3) is 0 Å². The van der Waals surface area contributed by atoms with Crippen LogP contribution in [-0.2, 0) is 32.6 Å². The number of rotatable bonds is 2. The molecule has 2 atom stereocenters. The van der Waals surface area contributed by atoms with E-state index in [1.165, 1.54) is 37.7 Å². The molecule has 1 aromatic carbocycles. The van der Waals surface area contributed by atoms with Crippen molar-refractivity contribution >= 4 is 9.52 Å². The molecule has 0 amide bonds. The minimum Gasteiger partial charge on any atom is -0.358 e. The molecule has 2 aliphatic carbocycles. The first-order chi connectivity index (χ1) is 10.2. The van der Waals surface area contributed by atoms with E-state index in [1.54, 1.807) is 5.57 Å². The Morgan fingerprint density at radius 2 is 2.00 bits per heavy atom. The molecule has 2 aliphatic rings. The summed E-state index contributed by atoms with van der Waals surface area (Å²) in [6.07, 6.45) is 13.1. The predicted octanol–water partition coefficient (Wildman–Crippen LogP) is 6.06. The summed E-state index contributed by atoms with van der Waals surface area (Å²) in [5.41, 5.74) is 3.06. The maximum absolute atomic E-state index is 4.12. The molecule has 0 N–H and O–H groups in total. The Labute approximate surface area is 167 Å². The van der Waals surface area contributed by atoms with Crippen molar-refractivity contribution in [2.45, 2.75) is 52.1 Å². The van der Waals surface area contributed by atoms with Crippen LogP contribution in [0.15, 0.2) is 48.1 Å². The Balaban J connectivity index is 0. The molecule has 1 aromatic rings. The molecule has 126 valence electrons. The minimum absolute atomic E-state index is 0. The van der Waals surface area contributed by atoms with Crippen molar-refractivity contribution in [1.29, 1.82) is 0 Å². The van der Waals surface area contributed by atoms with Crippen molar-refractivity contribution < 1.29 is 26.2 Å². The summed E-state index contributed by atoms with van der Waals surface area (Å²) < 4.78 is 0. The van der Waals surface area contributed by atoms with E-state index in [0.717, 1.165) is 15.4 Å². The molecule has 1 saturated carbocycles. The van der Waals surface area contributed by atoms with Gasteiger partial charge < -0.3 is 14.4 Å². The van der Waals surface area contributed by atoms with E-state index in [1.807, 2.05) is 0 Å². The molecule has 0 heterocycles. The minimum atomic E-state index is 0. The van der Waals surface area contributed by atoms with Gasteiger partial charge in [-0.25, -0.2) is 6.07 Å². The average molecular weight is 406 g/mol. The van der Waals surface area contributed by atoms with Crippen LogP contribution in [0.5, 0.6) is 0 Å². The summed E-state index contributed by atoms with van der Waals surface area (Å²) in [7, 11) is 0.750. The summed E-state index contributed by atoms with van der Waals surface area (Å²) in [4.78, 5) is 0. The third-order valence-corrected chi connectivity index (χ3v) is 3.92. The van der Waals surface area contributed by atoms with Gasteiger partial charge in [-0.1, -0.05) is 63.1 Å². The summed E-state index contributed by atoms with van der Waals surface area (Å²) in [5, 5.41) is 0. The van der Waals surface area contributed by atoms with Gasteiger partial charge in [0.05, 0.1) is 0 Å². The van der Waals surface area contributed by atoms with Crippen molar-refractivity contribution in [2.75, 3.05) is 0 Å². The first kappa shape index (κ1) is 25.2. The van der Waals surface area contributed by atoms with Crippen LogP contribution >= 0.6 is 0 Å². The van der Waals surface area contributed by atoms with Crippen LogP contribution in [0.2, 0.25) is 13.1 Å². The van der Waals surface area contributed by atoms with Crippen LogP contribution in [0.4, 0.5) is 0 Å². The monoisotopic (exact) mass is 404 g/mol. The Bertz CT molecular complexity index is 417. The normalized spacial score (nSPS) is 20.4. The zero-order valence-corrected chi connectivity index (χ0v) is 19.1. The first-order valence-corrected chi connectivity index (χ1v) is 10.7. The van der Waals surface area contributed by atoms with Gasteiger partial charge in [-0.3, -0.25) is 0 Å². The van der Waals surface area contributed by atoms with Crippen molar-refractivity contribution in [1.82, 2.24) is 0 Å². The van der Waals surface area contributed by atoms with Crippen molar-refractivity contribution in [3.63, 3.8) is 0 Å². The standard InChI is InChI=1S/C10H13.C8H11.C2H7Si.CH3.Zr/c1-8-6-7-9-4-2-3-5-10(8)9;1-2-5-8-6-3-4-7-8;1-3-2;;/h2-3,5,8-9H,1,4,6-7H2;3-4,6-7H,2,5H2,1H3;3H,1-2H3;1H3;/q2*-1;;-1;+3. The summed E-state index contributed by atoms with van der Waals surface area (Å²) >= 11 is 0. The zero-order chi connectivity index (χ0) is 15.5. The Morgan fingerprint density at radius 1 is 1.30 bits per heavy atom. The molecule has 2 heteroatoms. The van der Waals surface area contributed by atoms with Crippen LogP contribution in [0.1, 0.15) is 38.2 Å². The number of hydrogen-bond acceptors (Lipinski definition) is 0. The van der Waals surface area contributed by atoms with E-state index in [0.29, 0.717) is 5.92 Å². The van der Waals surface area contributed by atoms with E-state index in [4.69, 9.17) is 0 Å². The molecule has 0 aromatic heterocycles. The van der Waals surface area contributed by atoms with Gasteiger partial charge in [-0.15, -0.1) is 5.92 Å². The number of fused-ring (bicyclic) bond motifs is 1. The van der Waals surface area contributed by atoms with Gasteiger partial charge in [0.2, 0.25) is 0 Å². The molecule has 0 aliphatic heterocycles. The van der Waals surface area contributed by atoms with Crippen molar-refractivity contribution in [2.24, 2.45) is 11.8 Å². The van der Waals surface area contributed by atoms with E-state index in [2.05, 4.69) is 69.4 Å². The van der Waals surface area contributed by atoms with Crippen LogP contribution in [-0.4, -0.2) is 9.52 Å². The van der Waals surface area contributed by atoms with Gasteiger partial charge in [0, 0.05) is 9.52 Å². The second kappa shape index (κ2) is 15.5. The predicted molar refractivity (Wildman–Crippen MR) is 105 cm³/mol. The van der Waals surface area contributed by atoms with Crippen molar-refractivity contribution in [3.8, 4) is 0 Å². The molecule has 1 fully saturated rings. The van der Waals surface area contributed by atoms with E-state index < -0.39 is 0 Å². The second-order valence-corrected chi connectivity index (χ2v) is 7.08. The van der Waals surface area contributed by atoms with Gasteiger partial charge in [0.1, 0.15) is 0 Å². The van der Waals surface area contributed by atoms with Crippen LogP contribution < -0.4 is 0 Å². The summed E-state index contributed by atoms with van der Waals surface area (Å²) in [6, 6.07) is 8.52. The zero-order valence-electron chi connectivity index (χ0n) is 15.5. The number of hydrogen-bond donors (Lipinski definition) is 0. The number of aryl methyl sites for hydroxylation is 1. The maximum Gasteiger partial charge on any atom is 3.00 e. The molecular formula is C21H34SiZr. The van der Waals surface area contributed by atoms with Crippen LogP contribution in [0.3, 0.4) is 0 Å². The fourth-order valence-corrected chi connectivity index (χ4v) is 2.89. The Kier molecular flexibility index (Phi) is 16.9.